The fourth-order valence-electron chi connectivity index (χ4n) is 4.74. The summed E-state index contributed by atoms with van der Waals surface area (Å²) in [4.78, 5) is 12.2. The van der Waals surface area contributed by atoms with Crippen molar-refractivity contribution in [2.24, 2.45) is 0 Å². The summed E-state index contributed by atoms with van der Waals surface area (Å²) in [6.45, 7) is 3.05. The summed E-state index contributed by atoms with van der Waals surface area (Å²) < 4.78 is 65.5. The van der Waals surface area contributed by atoms with Crippen LogP contribution in [0.5, 0.6) is 5.75 Å². The van der Waals surface area contributed by atoms with E-state index in [1.807, 2.05) is 24.3 Å². The van der Waals surface area contributed by atoms with E-state index in [2.05, 4.69) is 25.3 Å². The first-order chi connectivity index (χ1) is 20.6. The number of halogens is 6. The molecule has 0 fully saturated rings. The van der Waals surface area contributed by atoms with Crippen LogP contribution in [-0.4, -0.2) is 37.3 Å². The van der Waals surface area contributed by atoms with Crippen LogP contribution in [0.4, 0.5) is 22.6 Å². The molecule has 254 valence electrons. The third kappa shape index (κ3) is 24.7. The Labute approximate surface area is 264 Å². The monoisotopic (exact) mass is 763 g/mol. The van der Waals surface area contributed by atoms with E-state index in [4.69, 9.17) is 4.74 Å². The molecule has 0 bridgehead atoms. The van der Waals surface area contributed by atoms with Gasteiger partial charge in [0, 0.05) is 17.0 Å². The van der Waals surface area contributed by atoms with Crippen LogP contribution in [0.25, 0.3) is 0 Å². The molecule has 2 aromatic rings. The number of para-hydroxylation sites is 1. The molecule has 12 heteroatoms. The molecule has 2 aromatic carbocycles. The third-order valence-electron chi connectivity index (χ3n) is 7.05. The SMILES string of the molecule is CCCCCCCCCCCCCCCCCCOc1ccc([S+](C)Cc2ccccc2[N+](=O)[O-])cc1.[F][Sb-]([F])([F])([F])([F])[F]. The van der Waals surface area contributed by atoms with E-state index in [1.165, 1.54) is 101 Å². The molecular formula is C32H50F6NO3SSb. The summed E-state index contributed by atoms with van der Waals surface area (Å²) in [5.74, 6) is 1.59. The maximum absolute atomic E-state index is 11.3. The van der Waals surface area contributed by atoms with Gasteiger partial charge in [0.15, 0.2) is 4.90 Å². The zero-order valence-corrected chi connectivity index (χ0v) is 29.5. The summed E-state index contributed by atoms with van der Waals surface area (Å²) in [6.07, 6.45) is 24.1. The molecule has 0 aromatic heterocycles. The molecule has 44 heavy (non-hydrogen) atoms. The Hall–Kier alpha value is -1.61. The van der Waals surface area contributed by atoms with Crippen LogP contribution in [0.3, 0.4) is 0 Å². The van der Waals surface area contributed by atoms with E-state index < -0.39 is 19.5 Å². The number of benzene rings is 2. The Kier molecular flexibility index (Phi) is 18.2. The number of nitro benzene ring substituents is 1. The van der Waals surface area contributed by atoms with Gasteiger partial charge in [-0.05, 0) is 36.8 Å². The summed E-state index contributed by atoms with van der Waals surface area (Å²) in [5.41, 5.74) is 1.00. The Morgan fingerprint density at radius 2 is 1.09 bits per heavy atom. The molecule has 0 aliphatic carbocycles. The number of hydrogen-bond donors (Lipinski definition) is 0. The summed E-state index contributed by atoms with van der Waals surface area (Å²) in [7, 11) is -0.0978. The standard InChI is InChI=1S/C32H50NO3S.6FH.Sb/c1-3-4-5-6-7-8-9-10-11-12-13-14-15-16-17-20-27-36-30-23-25-31(26-24-30)37(2)28-29-21-18-19-22-32(29)33(34)35;;;;;;;/h18-19,21-26H,3-17,20,27-28H2,1-2H3;6*1H;/q+1;;;;;;;+5/p-6. The number of rotatable bonds is 22. The van der Waals surface area contributed by atoms with Gasteiger partial charge in [0.1, 0.15) is 17.8 Å². The van der Waals surface area contributed by atoms with Gasteiger partial charge in [0.05, 0.1) is 17.1 Å². The van der Waals surface area contributed by atoms with Crippen molar-refractivity contribution in [2.75, 3.05) is 12.9 Å². The number of hydrogen-bond acceptors (Lipinski definition) is 3. The topological polar surface area (TPSA) is 52.4 Å². The van der Waals surface area contributed by atoms with Crippen LogP contribution in [0.1, 0.15) is 115 Å². The van der Waals surface area contributed by atoms with Crippen LogP contribution >= 0.6 is 0 Å². The summed E-state index contributed by atoms with van der Waals surface area (Å²) in [5, 5.41) is 11.3. The molecule has 0 spiro atoms. The third-order valence-corrected chi connectivity index (χ3v) is 8.87. The second-order valence-electron chi connectivity index (χ2n) is 11.2. The van der Waals surface area contributed by atoms with Crippen LogP contribution in [0.2, 0.25) is 0 Å². The zero-order valence-electron chi connectivity index (χ0n) is 26.1. The summed E-state index contributed by atoms with van der Waals surface area (Å²) >= 11 is -11.2. The fourth-order valence-corrected chi connectivity index (χ4v) is 6.21. The van der Waals surface area contributed by atoms with Gasteiger partial charge in [-0.2, -0.15) is 0 Å². The van der Waals surface area contributed by atoms with Gasteiger partial charge in [-0.25, -0.2) is 0 Å². The molecule has 2 rings (SSSR count). The van der Waals surface area contributed by atoms with Gasteiger partial charge >= 0.3 is 36.4 Å². The van der Waals surface area contributed by atoms with Gasteiger partial charge in [0.25, 0.3) is 5.69 Å². The number of nitro groups is 1. The van der Waals surface area contributed by atoms with Gasteiger partial charge in [-0.1, -0.05) is 115 Å². The van der Waals surface area contributed by atoms with E-state index >= 15 is 0 Å². The molecule has 0 heterocycles. The average molecular weight is 765 g/mol. The predicted octanol–water partition coefficient (Wildman–Crippen LogP) is 12.2. The molecule has 0 aliphatic rings. The molecule has 0 aliphatic heterocycles. The molecule has 0 saturated heterocycles. The summed E-state index contributed by atoms with van der Waals surface area (Å²) in [6, 6.07) is 15.3. The maximum atomic E-state index is 11.3. The number of unbranched alkanes of at least 4 members (excludes halogenated alkanes) is 15. The van der Waals surface area contributed by atoms with E-state index in [-0.39, 0.29) is 21.5 Å². The fraction of sp³-hybridized carbons (Fsp3) is 0.625. The Bertz CT molecular complexity index is 1060. The first-order valence-corrected chi connectivity index (χ1v) is 23.3. The van der Waals surface area contributed by atoms with Gasteiger partial charge in [-0.3, -0.25) is 10.1 Å². The molecule has 0 radical (unpaired) electrons. The van der Waals surface area contributed by atoms with Crippen molar-refractivity contribution in [3.8, 4) is 5.75 Å². The number of ether oxygens (including phenoxy) is 1. The molecular weight excluding hydrogens is 714 g/mol. The van der Waals surface area contributed by atoms with Crippen molar-refractivity contribution in [3.63, 3.8) is 0 Å². The normalized spacial score (nSPS) is 13.7. The van der Waals surface area contributed by atoms with Gasteiger partial charge in [0.2, 0.25) is 0 Å². The second-order valence-corrected chi connectivity index (χ2v) is 18.8. The zero-order chi connectivity index (χ0) is 33.0. The molecule has 1 atom stereocenters. The second kappa shape index (κ2) is 19.8. The van der Waals surface area contributed by atoms with Crippen molar-refractivity contribution >= 4 is 36.1 Å². The molecule has 0 amide bonds. The van der Waals surface area contributed by atoms with Crippen molar-refractivity contribution in [3.05, 3.63) is 64.2 Å². The molecule has 0 saturated carbocycles. The first kappa shape index (κ1) is 40.4. The van der Waals surface area contributed by atoms with E-state index in [1.54, 1.807) is 12.1 Å². The van der Waals surface area contributed by atoms with Crippen molar-refractivity contribution < 1.29 is 26.5 Å². The predicted molar refractivity (Wildman–Crippen MR) is 172 cm³/mol. The average Bonchev–Trinajstić information content (AvgIpc) is 2.93. The molecule has 4 nitrogen and oxygen atoms in total. The van der Waals surface area contributed by atoms with E-state index in [9.17, 15) is 27.0 Å². The minimum atomic E-state index is -11.2. The Morgan fingerprint density at radius 1 is 0.682 bits per heavy atom. The number of nitrogens with zero attached hydrogens (tertiary/aromatic N) is 1. The van der Waals surface area contributed by atoms with Crippen LogP contribution in [0.15, 0.2) is 53.4 Å². The van der Waals surface area contributed by atoms with Crippen LogP contribution in [-0.2, 0) is 16.6 Å². The Morgan fingerprint density at radius 3 is 1.52 bits per heavy atom. The van der Waals surface area contributed by atoms with E-state index in [0.717, 1.165) is 24.3 Å². The first-order valence-electron chi connectivity index (χ1n) is 15.7. The molecule has 1 unspecified atom stereocenters. The van der Waals surface area contributed by atoms with Crippen LogP contribution < -0.4 is 4.74 Å². The van der Waals surface area contributed by atoms with E-state index in [0.29, 0.717) is 5.75 Å². The van der Waals surface area contributed by atoms with Gasteiger partial charge in [-0.15, -0.1) is 0 Å². The van der Waals surface area contributed by atoms with Gasteiger partial charge < -0.3 is 4.74 Å². The quantitative estimate of drug-likeness (QED) is 0.0300. The molecule has 0 N–H and O–H groups in total. The van der Waals surface area contributed by atoms with Crippen molar-refractivity contribution in [2.45, 2.75) is 120 Å². The van der Waals surface area contributed by atoms with Crippen molar-refractivity contribution in [1.29, 1.82) is 0 Å². The van der Waals surface area contributed by atoms with Crippen LogP contribution in [0, 0.1) is 10.1 Å². The Balaban J connectivity index is 0.00000123. The minimum absolute atomic E-state index is 0.0978. The van der Waals surface area contributed by atoms with Crippen molar-refractivity contribution in [1.82, 2.24) is 0 Å².